The Morgan fingerprint density at radius 3 is 2.11 bits per heavy atom. The average molecular weight is 269 g/mol. The normalized spacial score (nSPS) is 11.3. The summed E-state index contributed by atoms with van der Waals surface area (Å²) in [6, 6.07) is 10.7. The van der Waals surface area contributed by atoms with Crippen molar-refractivity contribution in [2.45, 2.75) is 5.75 Å². The molecule has 18 heavy (non-hydrogen) atoms. The van der Waals surface area contributed by atoms with Crippen molar-refractivity contribution in [2.24, 2.45) is 0 Å². The zero-order valence-electron chi connectivity index (χ0n) is 9.22. The molecular formula is C11H11NO5S. The highest BCUT2D eigenvalue weighted by atomic mass is 32.2. The molecule has 6 nitrogen and oxygen atoms in total. The Balaban J connectivity index is 2.18. The van der Waals surface area contributed by atoms with Gasteiger partial charge in [-0.2, -0.15) is 8.42 Å². The monoisotopic (exact) mass is 269 g/mol. The Hall–Kier alpha value is -2.15. The van der Waals surface area contributed by atoms with Gasteiger partial charge in [0.2, 0.25) is 11.8 Å². The first-order chi connectivity index (χ1) is 8.48. The van der Waals surface area contributed by atoms with E-state index in [2.05, 4.69) is 4.28 Å². The third-order valence-corrected chi connectivity index (χ3v) is 3.24. The zero-order valence-corrected chi connectivity index (χ0v) is 10.0. The van der Waals surface area contributed by atoms with Crippen LogP contribution >= 0.6 is 0 Å². The number of rotatable bonds is 4. The summed E-state index contributed by atoms with van der Waals surface area (Å²) in [6.07, 6.45) is 0. The van der Waals surface area contributed by atoms with Crippen molar-refractivity contribution in [3.05, 3.63) is 48.0 Å². The van der Waals surface area contributed by atoms with Gasteiger partial charge in [0.1, 0.15) is 5.75 Å². The van der Waals surface area contributed by atoms with Gasteiger partial charge in [0.05, 0.1) is 0 Å². The Bertz CT molecular complexity index is 613. The van der Waals surface area contributed by atoms with Crippen molar-refractivity contribution in [3.63, 3.8) is 0 Å². The molecule has 0 radical (unpaired) electrons. The maximum absolute atomic E-state index is 11.7. The van der Waals surface area contributed by atoms with Gasteiger partial charge in [-0.25, -0.2) is 0 Å². The summed E-state index contributed by atoms with van der Waals surface area (Å²) in [5.74, 6) is -1.35. The van der Waals surface area contributed by atoms with E-state index in [9.17, 15) is 18.6 Å². The molecule has 2 N–H and O–H groups in total. The molecule has 0 amide bonds. The van der Waals surface area contributed by atoms with Crippen LogP contribution < -0.4 is 4.28 Å². The largest absolute Gasteiger partial charge is 0.492 e. The number of aromatic hydroxyl groups is 2. The minimum atomic E-state index is -3.96. The van der Waals surface area contributed by atoms with E-state index in [1.165, 1.54) is 0 Å². The predicted octanol–water partition coefficient (Wildman–Crippen LogP) is 0.858. The van der Waals surface area contributed by atoms with Gasteiger partial charge in [-0.3, -0.25) is 4.28 Å². The fraction of sp³-hybridized carbons (Fsp3) is 0.0909. The van der Waals surface area contributed by atoms with Crippen molar-refractivity contribution < 1.29 is 22.9 Å². The van der Waals surface area contributed by atoms with Crippen LogP contribution in [-0.2, 0) is 15.9 Å². The maximum Gasteiger partial charge on any atom is 0.331 e. The van der Waals surface area contributed by atoms with E-state index in [1.54, 1.807) is 30.3 Å². The Kier molecular flexibility index (Phi) is 3.15. The topological polar surface area (TPSA) is 88.8 Å². The summed E-state index contributed by atoms with van der Waals surface area (Å²) in [4.78, 5) is 0. The number of benzene rings is 1. The summed E-state index contributed by atoms with van der Waals surface area (Å²) >= 11 is 0. The molecule has 0 unspecified atom stereocenters. The summed E-state index contributed by atoms with van der Waals surface area (Å²) in [7, 11) is -3.96. The summed E-state index contributed by atoms with van der Waals surface area (Å²) in [5, 5.41) is 18.5. The third-order valence-electron chi connectivity index (χ3n) is 2.17. The van der Waals surface area contributed by atoms with E-state index < -0.39 is 21.9 Å². The van der Waals surface area contributed by atoms with Gasteiger partial charge in [-0.1, -0.05) is 35.1 Å². The van der Waals surface area contributed by atoms with E-state index in [1.807, 2.05) is 0 Å². The van der Waals surface area contributed by atoms with Gasteiger partial charge >= 0.3 is 10.1 Å². The molecule has 0 saturated carbocycles. The molecule has 0 atom stereocenters. The van der Waals surface area contributed by atoms with Crippen molar-refractivity contribution in [1.82, 2.24) is 4.73 Å². The number of hydrogen-bond acceptors (Lipinski definition) is 5. The van der Waals surface area contributed by atoms with E-state index in [4.69, 9.17) is 0 Å². The first-order valence-electron chi connectivity index (χ1n) is 5.04. The van der Waals surface area contributed by atoms with Gasteiger partial charge in [0, 0.05) is 12.1 Å². The highest BCUT2D eigenvalue weighted by Gasteiger charge is 2.18. The lowest BCUT2D eigenvalue weighted by molar-refractivity contribution is 0.203. The Labute approximate surface area is 104 Å². The molecule has 7 heteroatoms. The van der Waals surface area contributed by atoms with Crippen LogP contribution in [0.4, 0.5) is 0 Å². The van der Waals surface area contributed by atoms with Crippen LogP contribution in [0.5, 0.6) is 11.8 Å². The molecule has 2 aromatic rings. The quantitative estimate of drug-likeness (QED) is 0.859. The van der Waals surface area contributed by atoms with Crippen LogP contribution in [0.25, 0.3) is 0 Å². The number of aromatic nitrogens is 1. The van der Waals surface area contributed by atoms with Gasteiger partial charge in [0.15, 0.2) is 0 Å². The predicted molar refractivity (Wildman–Crippen MR) is 63.4 cm³/mol. The molecule has 2 rings (SSSR count). The smallest absolute Gasteiger partial charge is 0.331 e. The molecule has 0 bridgehead atoms. The summed E-state index contributed by atoms with van der Waals surface area (Å²) < 4.78 is 28.5. The molecule has 96 valence electrons. The summed E-state index contributed by atoms with van der Waals surface area (Å²) in [6.45, 7) is 0. The lowest BCUT2D eigenvalue weighted by Gasteiger charge is -2.08. The molecule has 0 aliphatic rings. The van der Waals surface area contributed by atoms with E-state index in [0.29, 0.717) is 10.3 Å². The second-order valence-corrected chi connectivity index (χ2v) is 5.16. The second kappa shape index (κ2) is 4.61. The van der Waals surface area contributed by atoms with Crippen molar-refractivity contribution in [3.8, 4) is 11.8 Å². The molecular weight excluding hydrogens is 258 g/mol. The van der Waals surface area contributed by atoms with Crippen molar-refractivity contribution >= 4 is 10.1 Å². The van der Waals surface area contributed by atoms with Crippen LogP contribution in [0.3, 0.4) is 0 Å². The molecule has 1 heterocycles. The van der Waals surface area contributed by atoms with Gasteiger partial charge in [-0.15, -0.1) is 0 Å². The van der Waals surface area contributed by atoms with E-state index in [-0.39, 0.29) is 5.75 Å². The molecule has 0 aliphatic heterocycles. The molecule has 0 saturated heterocycles. The first-order valence-corrected chi connectivity index (χ1v) is 6.62. The zero-order chi connectivity index (χ0) is 13.2. The van der Waals surface area contributed by atoms with Crippen molar-refractivity contribution in [2.75, 3.05) is 0 Å². The van der Waals surface area contributed by atoms with Gasteiger partial charge in [0.25, 0.3) is 0 Å². The second-order valence-electron chi connectivity index (χ2n) is 3.61. The van der Waals surface area contributed by atoms with E-state index >= 15 is 0 Å². The lowest BCUT2D eigenvalue weighted by atomic mass is 10.2. The maximum atomic E-state index is 11.7. The highest BCUT2D eigenvalue weighted by molar-refractivity contribution is 7.86. The number of hydrogen-bond donors (Lipinski definition) is 2. The molecule has 0 aliphatic carbocycles. The fourth-order valence-corrected chi connectivity index (χ4v) is 2.43. The standard InChI is InChI=1S/C11H11NO5S/c13-10-6-7-11(14)12(10)17-18(15,16)8-9-4-2-1-3-5-9/h1-7,13-14H,8H2. The Morgan fingerprint density at radius 2 is 1.56 bits per heavy atom. The minimum absolute atomic E-state index is 0.356. The molecule has 0 spiro atoms. The third kappa shape index (κ3) is 2.75. The van der Waals surface area contributed by atoms with Gasteiger partial charge in [-0.05, 0) is 5.56 Å². The molecule has 0 fully saturated rings. The Morgan fingerprint density at radius 1 is 1.00 bits per heavy atom. The molecule has 1 aromatic heterocycles. The molecule has 1 aromatic carbocycles. The average Bonchev–Trinajstić information content (AvgIpc) is 2.61. The first kappa shape index (κ1) is 12.3. The van der Waals surface area contributed by atoms with Crippen molar-refractivity contribution in [1.29, 1.82) is 0 Å². The SMILES string of the molecule is O=S(=O)(Cc1ccccc1)On1c(O)ccc1O. The number of nitrogens with zero attached hydrogens (tertiary/aromatic N) is 1. The van der Waals surface area contributed by atoms with Gasteiger partial charge < -0.3 is 10.2 Å². The van der Waals surface area contributed by atoms with Crippen LogP contribution in [0.1, 0.15) is 5.56 Å². The van der Waals surface area contributed by atoms with Crippen LogP contribution in [0, 0.1) is 0 Å². The van der Waals surface area contributed by atoms with Crippen LogP contribution in [-0.4, -0.2) is 23.4 Å². The van der Waals surface area contributed by atoms with E-state index in [0.717, 1.165) is 12.1 Å². The van der Waals surface area contributed by atoms with Crippen LogP contribution in [0.2, 0.25) is 0 Å². The van der Waals surface area contributed by atoms with Crippen LogP contribution in [0.15, 0.2) is 42.5 Å². The lowest BCUT2D eigenvalue weighted by Crippen LogP contribution is -2.21. The fourth-order valence-electron chi connectivity index (χ4n) is 1.40. The summed E-state index contributed by atoms with van der Waals surface area (Å²) in [5.41, 5.74) is 0.545. The highest BCUT2D eigenvalue weighted by Crippen LogP contribution is 2.20. The minimum Gasteiger partial charge on any atom is -0.492 e.